The Morgan fingerprint density at radius 2 is 2.10 bits per heavy atom. The number of rotatable bonds is 4. The number of nitrogens with zero attached hydrogens (tertiary/aromatic N) is 1. The molecule has 4 atom stereocenters. The number of likely N-dealkylation sites (tertiary alicyclic amines) is 1. The van der Waals surface area contributed by atoms with E-state index in [1.807, 2.05) is 18.7 Å². The summed E-state index contributed by atoms with van der Waals surface area (Å²) < 4.78 is 0. The van der Waals surface area contributed by atoms with Crippen LogP contribution in [0.2, 0.25) is 0 Å². The minimum atomic E-state index is -0.798. The fraction of sp³-hybridized carbons (Fsp3) is 0.857. The Hall–Kier alpha value is -0.910. The lowest BCUT2D eigenvalue weighted by molar-refractivity contribution is -0.142. The molecule has 2 N–H and O–H groups in total. The minimum absolute atomic E-state index is 0.0326. The lowest BCUT2D eigenvalue weighted by atomic mass is 9.99. The van der Waals surface area contributed by atoms with Gasteiger partial charge in [-0.2, -0.15) is 11.8 Å². The summed E-state index contributed by atoms with van der Waals surface area (Å²) in [5, 5.41) is 12.8. The molecule has 0 spiro atoms. The molecule has 0 aromatic heterocycles. The molecule has 2 unspecified atom stereocenters. The average molecular weight is 300 g/mol. The zero-order valence-electron chi connectivity index (χ0n) is 12.2. The Bertz CT molecular complexity index is 377. The number of amides is 2. The third-order valence-corrected chi connectivity index (χ3v) is 5.56. The number of aliphatic carboxylic acids is 1. The van der Waals surface area contributed by atoms with Gasteiger partial charge >= 0.3 is 12.0 Å². The van der Waals surface area contributed by atoms with Crippen molar-refractivity contribution in [3.8, 4) is 0 Å². The van der Waals surface area contributed by atoms with Gasteiger partial charge in [0, 0.05) is 24.4 Å². The van der Waals surface area contributed by atoms with Crippen LogP contribution in [0.5, 0.6) is 0 Å². The Morgan fingerprint density at radius 3 is 2.70 bits per heavy atom. The van der Waals surface area contributed by atoms with Crippen LogP contribution in [0.15, 0.2) is 0 Å². The number of carbonyl (C=O) groups is 2. The van der Waals surface area contributed by atoms with Gasteiger partial charge in [0.15, 0.2) is 0 Å². The first-order valence-corrected chi connectivity index (χ1v) is 8.46. The van der Waals surface area contributed by atoms with Gasteiger partial charge in [0.1, 0.15) is 0 Å². The van der Waals surface area contributed by atoms with Crippen molar-refractivity contribution >= 4 is 23.8 Å². The molecule has 114 valence electrons. The summed E-state index contributed by atoms with van der Waals surface area (Å²) in [4.78, 5) is 24.9. The van der Waals surface area contributed by atoms with Crippen molar-refractivity contribution in [3.05, 3.63) is 0 Å². The van der Waals surface area contributed by atoms with Crippen LogP contribution in [0, 0.1) is 11.8 Å². The summed E-state index contributed by atoms with van der Waals surface area (Å²) in [5.74, 6) is -0.0686. The number of nitrogens with one attached hydrogen (secondary N) is 1. The number of urea groups is 1. The van der Waals surface area contributed by atoms with Crippen LogP contribution < -0.4 is 5.32 Å². The summed E-state index contributed by atoms with van der Waals surface area (Å²) in [5.41, 5.74) is 0. The minimum Gasteiger partial charge on any atom is -0.481 e. The highest BCUT2D eigenvalue weighted by Crippen LogP contribution is 2.30. The van der Waals surface area contributed by atoms with Gasteiger partial charge in [0.25, 0.3) is 0 Å². The molecule has 1 saturated heterocycles. The van der Waals surface area contributed by atoms with Crippen LogP contribution in [-0.4, -0.2) is 52.1 Å². The molecule has 0 aromatic carbocycles. The largest absolute Gasteiger partial charge is 0.481 e. The van der Waals surface area contributed by atoms with Gasteiger partial charge in [-0.15, -0.1) is 0 Å². The smallest absolute Gasteiger partial charge is 0.317 e. The zero-order valence-corrected chi connectivity index (χ0v) is 13.0. The van der Waals surface area contributed by atoms with Crippen LogP contribution in [-0.2, 0) is 4.79 Å². The molecule has 1 heterocycles. The first-order chi connectivity index (χ1) is 9.51. The molecule has 2 aliphatic rings. The Labute approximate surface area is 124 Å². The molecule has 2 amide bonds. The van der Waals surface area contributed by atoms with Gasteiger partial charge in [-0.1, -0.05) is 13.8 Å². The monoisotopic (exact) mass is 300 g/mol. The highest BCUT2D eigenvalue weighted by Gasteiger charge is 2.37. The molecular formula is C14H24N2O3S. The summed E-state index contributed by atoms with van der Waals surface area (Å²) in [6.07, 6.45) is 3.24. The highest BCUT2D eigenvalue weighted by atomic mass is 32.2. The predicted octanol–water partition coefficient (Wildman–Crippen LogP) is 2.02. The van der Waals surface area contributed by atoms with E-state index in [1.54, 1.807) is 4.90 Å². The molecule has 20 heavy (non-hydrogen) atoms. The number of hydrogen-bond donors (Lipinski definition) is 2. The molecule has 6 heteroatoms. The van der Waals surface area contributed by atoms with Crippen LogP contribution >= 0.6 is 11.8 Å². The maximum Gasteiger partial charge on any atom is 0.317 e. The van der Waals surface area contributed by atoms with Crippen LogP contribution in [0.3, 0.4) is 0 Å². The SMILES string of the molecule is CCSC1CCC(NC(=O)N2C[C@@H](C)[C@H](C(=O)O)C2)C1. The average Bonchev–Trinajstić information content (AvgIpc) is 2.96. The third-order valence-electron chi connectivity index (χ3n) is 4.33. The van der Waals surface area contributed by atoms with Crippen LogP contribution in [0.4, 0.5) is 4.79 Å². The van der Waals surface area contributed by atoms with Crippen molar-refractivity contribution in [2.75, 3.05) is 18.8 Å². The van der Waals surface area contributed by atoms with E-state index in [-0.39, 0.29) is 18.0 Å². The highest BCUT2D eigenvalue weighted by molar-refractivity contribution is 7.99. The van der Waals surface area contributed by atoms with Crippen LogP contribution in [0.1, 0.15) is 33.1 Å². The van der Waals surface area contributed by atoms with E-state index < -0.39 is 11.9 Å². The van der Waals surface area contributed by atoms with Crippen molar-refractivity contribution in [1.82, 2.24) is 10.2 Å². The number of carbonyl (C=O) groups excluding carboxylic acids is 1. The van der Waals surface area contributed by atoms with Gasteiger partial charge in [0.2, 0.25) is 0 Å². The Kier molecular flexibility index (Phi) is 5.18. The van der Waals surface area contributed by atoms with E-state index in [9.17, 15) is 9.59 Å². The quantitative estimate of drug-likeness (QED) is 0.833. The number of hydrogen-bond acceptors (Lipinski definition) is 3. The Balaban J connectivity index is 1.80. The second kappa shape index (κ2) is 6.70. The van der Waals surface area contributed by atoms with E-state index in [0.717, 1.165) is 25.0 Å². The van der Waals surface area contributed by atoms with Crippen molar-refractivity contribution in [3.63, 3.8) is 0 Å². The van der Waals surface area contributed by atoms with Crippen molar-refractivity contribution < 1.29 is 14.7 Å². The molecule has 0 aromatic rings. The molecule has 1 saturated carbocycles. The maximum atomic E-state index is 12.2. The summed E-state index contributed by atoms with van der Waals surface area (Å²) in [6, 6.07) is 0.165. The van der Waals surface area contributed by atoms with E-state index in [4.69, 9.17) is 5.11 Å². The number of thioether (sulfide) groups is 1. The Morgan fingerprint density at radius 1 is 1.35 bits per heavy atom. The second-order valence-corrected chi connectivity index (χ2v) is 7.44. The first-order valence-electron chi connectivity index (χ1n) is 7.41. The van der Waals surface area contributed by atoms with Gasteiger partial charge in [0.05, 0.1) is 5.92 Å². The summed E-state index contributed by atoms with van der Waals surface area (Å²) in [6.45, 7) is 4.94. The van der Waals surface area contributed by atoms with Crippen molar-refractivity contribution in [1.29, 1.82) is 0 Å². The molecular weight excluding hydrogens is 276 g/mol. The topological polar surface area (TPSA) is 69.6 Å². The lowest BCUT2D eigenvalue weighted by Gasteiger charge is -2.20. The van der Waals surface area contributed by atoms with E-state index in [1.165, 1.54) is 0 Å². The lowest BCUT2D eigenvalue weighted by Crippen LogP contribution is -2.43. The first kappa shape index (κ1) is 15.5. The number of carboxylic acids is 1. The molecule has 1 aliphatic carbocycles. The maximum absolute atomic E-state index is 12.2. The predicted molar refractivity (Wildman–Crippen MR) is 80.0 cm³/mol. The van der Waals surface area contributed by atoms with Gasteiger partial charge in [-0.05, 0) is 30.9 Å². The molecule has 2 fully saturated rings. The van der Waals surface area contributed by atoms with Gasteiger partial charge in [-0.25, -0.2) is 4.79 Å². The summed E-state index contributed by atoms with van der Waals surface area (Å²) in [7, 11) is 0. The molecule has 0 bridgehead atoms. The zero-order chi connectivity index (χ0) is 14.7. The third kappa shape index (κ3) is 3.59. The number of carboxylic acid groups (broad SMARTS) is 1. The van der Waals surface area contributed by atoms with E-state index >= 15 is 0 Å². The van der Waals surface area contributed by atoms with Crippen molar-refractivity contribution in [2.24, 2.45) is 11.8 Å². The standard InChI is InChI=1S/C14H24N2O3S/c1-3-20-11-5-4-10(6-11)15-14(19)16-7-9(2)12(8-16)13(17)18/h9-12H,3-8H2,1-2H3,(H,15,19)(H,17,18)/t9-,10?,11?,12-/m1/s1. The molecule has 1 aliphatic heterocycles. The molecule has 2 rings (SSSR count). The van der Waals surface area contributed by atoms with Crippen molar-refractivity contribution in [2.45, 2.75) is 44.4 Å². The molecule has 0 radical (unpaired) electrons. The van der Waals surface area contributed by atoms with Gasteiger partial charge < -0.3 is 15.3 Å². The molecule has 5 nitrogen and oxygen atoms in total. The fourth-order valence-corrected chi connectivity index (χ4v) is 4.32. The van der Waals surface area contributed by atoms with Gasteiger partial charge in [-0.3, -0.25) is 4.79 Å². The van der Waals surface area contributed by atoms with E-state index in [0.29, 0.717) is 18.3 Å². The van der Waals surface area contributed by atoms with E-state index in [2.05, 4.69) is 12.2 Å². The van der Waals surface area contributed by atoms with Crippen LogP contribution in [0.25, 0.3) is 0 Å². The normalized spacial score (nSPS) is 33.4. The fourth-order valence-electron chi connectivity index (χ4n) is 3.18. The summed E-state index contributed by atoms with van der Waals surface area (Å²) >= 11 is 1.96. The second-order valence-electron chi connectivity index (χ2n) is 5.86.